The average molecular weight is 511 g/mol. The summed E-state index contributed by atoms with van der Waals surface area (Å²) < 4.78 is 20.3. The quantitative estimate of drug-likeness (QED) is 0.598. The van der Waals surface area contributed by atoms with E-state index < -0.39 is 32.2 Å². The number of hydrogen-bond donors (Lipinski definition) is 2. The number of benzene rings is 2. The zero-order chi connectivity index (χ0) is 26.0. The van der Waals surface area contributed by atoms with Crippen LogP contribution in [0.25, 0.3) is 0 Å². The highest BCUT2D eigenvalue weighted by Crippen LogP contribution is 2.29. The zero-order valence-corrected chi connectivity index (χ0v) is 21.9. The van der Waals surface area contributed by atoms with Crippen molar-refractivity contribution in [3.63, 3.8) is 0 Å². The minimum atomic E-state index is -1.99. The lowest BCUT2D eigenvalue weighted by Gasteiger charge is -2.22. The second-order valence-corrected chi connectivity index (χ2v) is 14.6. The van der Waals surface area contributed by atoms with E-state index in [1.807, 2.05) is 19.6 Å². The Hall–Kier alpha value is -3.53. The molecule has 1 unspecified atom stereocenters. The van der Waals surface area contributed by atoms with Gasteiger partial charge >= 0.3 is 6.03 Å². The van der Waals surface area contributed by atoms with Gasteiger partial charge in [0.25, 0.3) is 11.9 Å². The molecular weight excluding hydrogens is 479 g/mol. The van der Waals surface area contributed by atoms with E-state index in [-0.39, 0.29) is 29.2 Å². The molecule has 4 rings (SSSR count). The van der Waals surface area contributed by atoms with E-state index >= 15 is 0 Å². The van der Waals surface area contributed by atoms with E-state index in [0.29, 0.717) is 30.5 Å². The number of carbonyl (C=O) groups is 3. The van der Waals surface area contributed by atoms with E-state index in [4.69, 9.17) is 4.43 Å². The molecule has 36 heavy (non-hydrogen) atoms. The van der Waals surface area contributed by atoms with Gasteiger partial charge in [-0.25, -0.2) is 14.2 Å². The van der Waals surface area contributed by atoms with Gasteiger partial charge in [0.1, 0.15) is 5.82 Å². The molecule has 3 amide bonds. The highest BCUT2D eigenvalue weighted by molar-refractivity contribution is 6.71. The number of likely N-dealkylation sites (N-methyl/N-ethyl adjacent to an activating group) is 1. The van der Waals surface area contributed by atoms with Crippen LogP contribution in [0.3, 0.4) is 0 Å². The number of hydrogen-bond acceptors (Lipinski definition) is 5. The molecule has 2 N–H and O–H groups in total. The third-order valence-corrected chi connectivity index (χ3v) is 7.06. The largest absolute Gasteiger partial charge is 0.520 e. The van der Waals surface area contributed by atoms with Crippen LogP contribution in [0.2, 0.25) is 19.6 Å². The lowest BCUT2D eigenvalue weighted by molar-refractivity contribution is -0.139. The maximum absolute atomic E-state index is 14.7. The third kappa shape index (κ3) is 5.64. The first-order valence-electron chi connectivity index (χ1n) is 12.0. The summed E-state index contributed by atoms with van der Waals surface area (Å²) >= 11 is 0. The van der Waals surface area contributed by atoms with Crippen LogP contribution in [-0.4, -0.2) is 51.2 Å². The van der Waals surface area contributed by atoms with Gasteiger partial charge in [0.15, 0.2) is 0 Å². The van der Waals surface area contributed by atoms with Crippen molar-refractivity contribution in [3.8, 4) is 0 Å². The molecule has 0 radical (unpaired) electrons. The molecule has 1 aliphatic heterocycles. The molecule has 1 saturated carbocycles. The Bertz CT molecular complexity index is 1210. The van der Waals surface area contributed by atoms with Gasteiger partial charge in [-0.3, -0.25) is 9.59 Å². The Morgan fingerprint density at radius 2 is 1.69 bits per heavy atom. The van der Waals surface area contributed by atoms with Crippen molar-refractivity contribution in [2.24, 2.45) is 10.9 Å². The number of para-hydroxylation sites is 1. The topological polar surface area (TPSA) is 100 Å². The molecular formula is C26H31FN4O4Si. The Labute approximate surface area is 211 Å². The minimum Gasteiger partial charge on any atom is -0.520 e. The van der Waals surface area contributed by atoms with Crippen molar-refractivity contribution in [3.05, 3.63) is 65.5 Å². The number of urea groups is 1. The van der Waals surface area contributed by atoms with E-state index in [9.17, 15) is 18.8 Å². The molecule has 2 aromatic rings. The van der Waals surface area contributed by atoms with Gasteiger partial charge in [-0.05, 0) is 57.1 Å². The first-order valence-corrected chi connectivity index (χ1v) is 15.4. The zero-order valence-electron chi connectivity index (χ0n) is 20.9. The summed E-state index contributed by atoms with van der Waals surface area (Å²) in [6.45, 7) is 5.87. The van der Waals surface area contributed by atoms with E-state index in [2.05, 4.69) is 15.6 Å². The van der Waals surface area contributed by atoms with Crippen LogP contribution in [0.4, 0.5) is 14.9 Å². The van der Waals surface area contributed by atoms with Gasteiger partial charge in [0.05, 0.1) is 17.3 Å². The molecule has 0 spiro atoms. The van der Waals surface area contributed by atoms with Gasteiger partial charge in [-0.15, -0.1) is 0 Å². The second kappa shape index (κ2) is 10.2. The summed E-state index contributed by atoms with van der Waals surface area (Å²) in [6, 6.07) is 12.5. The predicted molar refractivity (Wildman–Crippen MR) is 138 cm³/mol. The van der Waals surface area contributed by atoms with Crippen LogP contribution in [0, 0.1) is 11.7 Å². The van der Waals surface area contributed by atoms with Crippen molar-refractivity contribution < 1.29 is 23.2 Å². The number of nitrogens with one attached hydrogen (secondary N) is 2. The number of aliphatic imine (C=N–C) groups is 1. The Kier molecular flexibility index (Phi) is 7.25. The molecule has 190 valence electrons. The Balaban J connectivity index is 1.52. The highest BCUT2D eigenvalue weighted by atomic mass is 28.4. The summed E-state index contributed by atoms with van der Waals surface area (Å²) in [5, 5.41) is 5.50. The van der Waals surface area contributed by atoms with Crippen LogP contribution >= 0.6 is 0 Å². The van der Waals surface area contributed by atoms with Gasteiger partial charge in [-0.2, -0.15) is 0 Å². The molecule has 0 saturated heterocycles. The maximum Gasteiger partial charge on any atom is 0.317 e. The van der Waals surface area contributed by atoms with E-state index in [0.717, 1.165) is 0 Å². The standard InChI is InChI=1S/C26H31FN4O4Si/c1-31-21-12-8-6-10-19(21)22(18-9-5-7-11-20(18)27)29-23(24(31)32)30-26(34)28-17-14-13-16(15-17)25(33)35-36(2,3)4/h5-12,16-17,23H,13-15H2,1-4H3,(H2,28,30,34)/t16-,17+,23?/m1/s1. The number of carbonyl (C=O) groups excluding carboxylic acids is 3. The summed E-state index contributed by atoms with van der Waals surface area (Å²) in [7, 11) is -0.392. The molecule has 10 heteroatoms. The summed E-state index contributed by atoms with van der Waals surface area (Å²) in [5.41, 5.74) is 1.66. The molecule has 2 aliphatic rings. The fourth-order valence-corrected chi connectivity index (χ4v) is 5.32. The number of fused-ring (bicyclic) bond motifs is 1. The fourth-order valence-electron chi connectivity index (χ4n) is 4.55. The van der Waals surface area contributed by atoms with E-state index in [1.54, 1.807) is 49.5 Å². The SMILES string of the molecule is CN1C(=O)C(NC(=O)N[C@H]2CC[C@@H](C(=O)O[Si](C)(C)C)C2)N=C(c2ccccc2F)c2ccccc21. The van der Waals surface area contributed by atoms with Gasteiger partial charge < -0.3 is 20.0 Å². The first kappa shape index (κ1) is 25.6. The van der Waals surface area contributed by atoms with Crippen molar-refractivity contribution in [2.75, 3.05) is 11.9 Å². The molecule has 2 aromatic carbocycles. The smallest absolute Gasteiger partial charge is 0.317 e. The van der Waals surface area contributed by atoms with Crippen molar-refractivity contribution in [1.82, 2.24) is 10.6 Å². The van der Waals surface area contributed by atoms with Crippen molar-refractivity contribution in [2.45, 2.75) is 51.1 Å². The summed E-state index contributed by atoms with van der Waals surface area (Å²) in [6.07, 6.45) is 0.479. The normalized spacial score (nSPS) is 21.8. The van der Waals surface area contributed by atoms with Crippen LogP contribution < -0.4 is 15.5 Å². The third-order valence-electron chi connectivity index (χ3n) is 6.25. The number of benzodiazepines with no additional fused rings is 1. The Morgan fingerprint density at radius 1 is 1.03 bits per heavy atom. The number of nitrogens with zero attached hydrogens (tertiary/aromatic N) is 2. The van der Waals surface area contributed by atoms with Gasteiger partial charge in [0, 0.05) is 24.2 Å². The predicted octanol–water partition coefficient (Wildman–Crippen LogP) is 3.81. The first-order chi connectivity index (χ1) is 17.0. The molecule has 8 nitrogen and oxygen atoms in total. The van der Waals surface area contributed by atoms with Crippen molar-refractivity contribution in [1.29, 1.82) is 0 Å². The average Bonchev–Trinajstić information content (AvgIpc) is 3.25. The van der Waals surface area contributed by atoms with Crippen LogP contribution in [0.15, 0.2) is 53.5 Å². The lowest BCUT2D eigenvalue weighted by atomic mass is 10.00. The van der Waals surface area contributed by atoms with Gasteiger partial charge in [-0.1, -0.05) is 30.3 Å². The number of halogens is 1. The molecule has 3 atom stereocenters. The van der Waals surface area contributed by atoms with Crippen LogP contribution in [0.1, 0.15) is 30.4 Å². The molecule has 1 heterocycles. The fraction of sp³-hybridized carbons (Fsp3) is 0.385. The molecule has 1 fully saturated rings. The number of rotatable bonds is 5. The number of amides is 3. The van der Waals surface area contributed by atoms with Crippen LogP contribution in [-0.2, 0) is 14.0 Å². The molecule has 0 bridgehead atoms. The second-order valence-electron chi connectivity index (χ2n) is 10.1. The maximum atomic E-state index is 14.7. The molecule has 1 aliphatic carbocycles. The summed E-state index contributed by atoms with van der Waals surface area (Å²) in [5.74, 6) is -1.40. The molecule has 0 aromatic heterocycles. The monoisotopic (exact) mass is 510 g/mol. The van der Waals surface area contributed by atoms with Gasteiger partial charge in [0.2, 0.25) is 14.5 Å². The van der Waals surface area contributed by atoms with Crippen molar-refractivity contribution >= 4 is 37.6 Å². The summed E-state index contributed by atoms with van der Waals surface area (Å²) in [4.78, 5) is 44.5. The van der Waals surface area contributed by atoms with E-state index in [1.165, 1.54) is 11.0 Å². The number of anilines is 1. The lowest BCUT2D eigenvalue weighted by Crippen LogP contribution is -2.51. The minimum absolute atomic E-state index is 0.212. The van der Waals surface area contributed by atoms with Crippen LogP contribution in [0.5, 0.6) is 0 Å². The highest BCUT2D eigenvalue weighted by Gasteiger charge is 2.36. The Morgan fingerprint density at radius 3 is 2.39 bits per heavy atom.